The molecule has 0 aliphatic heterocycles. The molecule has 0 bridgehead atoms. The molecule has 0 saturated heterocycles. The first kappa shape index (κ1) is 15.5. The van der Waals surface area contributed by atoms with E-state index in [9.17, 15) is 0 Å². The minimum absolute atomic E-state index is 0.475. The minimum Gasteiger partial charge on any atom is -0.309 e. The lowest BCUT2D eigenvalue weighted by Gasteiger charge is -2.11. The first-order chi connectivity index (χ1) is 9.81. The lowest BCUT2D eigenvalue weighted by atomic mass is 10.1. The van der Waals surface area contributed by atoms with Gasteiger partial charge < -0.3 is 5.32 Å². The van der Waals surface area contributed by atoms with Gasteiger partial charge >= 0.3 is 0 Å². The molecule has 1 N–H and O–H groups in total. The summed E-state index contributed by atoms with van der Waals surface area (Å²) in [5, 5.41) is 5.04. The van der Waals surface area contributed by atoms with Crippen LogP contribution < -0.4 is 5.32 Å². The molecule has 0 amide bonds. The maximum absolute atomic E-state index is 3.66. The fraction of sp³-hybridized carbons (Fsp3) is 0.556. The maximum atomic E-state index is 3.66. The third-order valence-electron chi connectivity index (χ3n) is 3.85. The van der Waals surface area contributed by atoms with Crippen molar-refractivity contribution in [3.63, 3.8) is 0 Å². The predicted molar refractivity (Wildman–Crippen MR) is 91.6 cm³/mol. The summed E-state index contributed by atoms with van der Waals surface area (Å²) in [5.74, 6) is 0. The molecular formula is C18H27NS. The van der Waals surface area contributed by atoms with E-state index in [4.69, 9.17) is 0 Å². The van der Waals surface area contributed by atoms with Gasteiger partial charge in [0.2, 0.25) is 0 Å². The third-order valence-corrected chi connectivity index (χ3v) is 5.15. The number of hydrogen-bond acceptors (Lipinski definition) is 2. The number of benzene rings is 1. The van der Waals surface area contributed by atoms with Crippen LogP contribution in [0, 0.1) is 0 Å². The number of hydrogen-bond donors (Lipinski definition) is 1. The quantitative estimate of drug-likeness (QED) is 0.566. The van der Waals surface area contributed by atoms with Crippen LogP contribution in [0.4, 0.5) is 0 Å². The lowest BCUT2D eigenvalue weighted by molar-refractivity contribution is 0.531. The van der Waals surface area contributed by atoms with Gasteiger partial charge in [0.25, 0.3) is 0 Å². The molecule has 1 nitrogen and oxygen atoms in total. The predicted octanol–water partition coefficient (Wildman–Crippen LogP) is 5.91. The van der Waals surface area contributed by atoms with E-state index in [0.29, 0.717) is 6.04 Å². The van der Waals surface area contributed by atoms with Gasteiger partial charge in [-0.2, -0.15) is 0 Å². The molecular weight excluding hydrogens is 262 g/mol. The highest BCUT2D eigenvalue weighted by Crippen LogP contribution is 2.29. The summed E-state index contributed by atoms with van der Waals surface area (Å²) in [6, 6.07) is 11.5. The lowest BCUT2D eigenvalue weighted by Crippen LogP contribution is -2.18. The van der Waals surface area contributed by atoms with Crippen molar-refractivity contribution in [2.75, 3.05) is 6.54 Å². The van der Waals surface area contributed by atoms with Crippen molar-refractivity contribution in [2.24, 2.45) is 0 Å². The standard InChI is InChI=1S/C18H27NS/c1-3-4-5-6-7-10-13-19-15(2)18-14-16-11-8-9-12-17(16)20-18/h8-9,11-12,14-15,19H,3-7,10,13H2,1-2H3. The van der Waals surface area contributed by atoms with E-state index in [-0.39, 0.29) is 0 Å². The smallest absolute Gasteiger partial charge is 0.0386 e. The summed E-state index contributed by atoms with van der Waals surface area (Å²) in [7, 11) is 0. The number of unbranched alkanes of at least 4 members (excludes halogenated alkanes) is 5. The van der Waals surface area contributed by atoms with E-state index in [1.165, 1.54) is 53.5 Å². The van der Waals surface area contributed by atoms with E-state index in [0.717, 1.165) is 6.54 Å². The monoisotopic (exact) mass is 289 g/mol. The summed E-state index contributed by atoms with van der Waals surface area (Å²) in [6.07, 6.45) is 8.20. The fourth-order valence-corrected chi connectivity index (χ4v) is 3.63. The molecule has 2 aromatic rings. The van der Waals surface area contributed by atoms with Crippen LogP contribution in [0.2, 0.25) is 0 Å². The van der Waals surface area contributed by atoms with Gasteiger partial charge in [-0.3, -0.25) is 0 Å². The largest absolute Gasteiger partial charge is 0.309 e. The maximum Gasteiger partial charge on any atom is 0.0386 e. The van der Waals surface area contributed by atoms with Crippen LogP contribution in [0.3, 0.4) is 0 Å². The molecule has 0 saturated carbocycles. The van der Waals surface area contributed by atoms with Gasteiger partial charge in [0.1, 0.15) is 0 Å². The second kappa shape index (κ2) is 8.43. The normalized spacial score (nSPS) is 12.9. The van der Waals surface area contributed by atoms with Crippen molar-refractivity contribution in [1.29, 1.82) is 0 Å². The highest BCUT2D eigenvalue weighted by Gasteiger charge is 2.08. The molecule has 0 spiro atoms. The van der Waals surface area contributed by atoms with Gasteiger partial charge in [-0.1, -0.05) is 57.2 Å². The highest BCUT2D eigenvalue weighted by atomic mass is 32.1. The zero-order valence-electron chi connectivity index (χ0n) is 12.8. The Balaban J connectivity index is 1.70. The molecule has 2 heteroatoms. The number of fused-ring (bicyclic) bond motifs is 1. The van der Waals surface area contributed by atoms with Crippen molar-refractivity contribution in [1.82, 2.24) is 5.32 Å². The Labute approximate surface area is 127 Å². The molecule has 2 rings (SSSR count). The Bertz CT molecular complexity index is 470. The molecule has 110 valence electrons. The number of thiophene rings is 1. The topological polar surface area (TPSA) is 12.0 Å². The average Bonchev–Trinajstić information content (AvgIpc) is 2.90. The number of nitrogens with one attached hydrogen (secondary N) is 1. The zero-order valence-corrected chi connectivity index (χ0v) is 13.6. The molecule has 0 fully saturated rings. The van der Waals surface area contributed by atoms with Crippen LogP contribution >= 0.6 is 11.3 Å². The van der Waals surface area contributed by atoms with E-state index >= 15 is 0 Å². The zero-order chi connectivity index (χ0) is 14.2. The van der Waals surface area contributed by atoms with E-state index in [1.54, 1.807) is 0 Å². The fourth-order valence-electron chi connectivity index (χ4n) is 2.54. The first-order valence-electron chi connectivity index (χ1n) is 8.03. The molecule has 1 aromatic carbocycles. The summed E-state index contributed by atoms with van der Waals surface area (Å²) in [4.78, 5) is 1.46. The summed E-state index contributed by atoms with van der Waals surface area (Å²) >= 11 is 1.92. The van der Waals surface area contributed by atoms with Gasteiger partial charge in [-0.15, -0.1) is 11.3 Å². The Morgan fingerprint density at radius 1 is 1.05 bits per heavy atom. The van der Waals surface area contributed by atoms with Crippen LogP contribution in [0.1, 0.15) is 63.3 Å². The molecule has 0 aliphatic rings. The van der Waals surface area contributed by atoms with Gasteiger partial charge in [0.05, 0.1) is 0 Å². The Morgan fingerprint density at radius 3 is 2.60 bits per heavy atom. The second-order valence-corrected chi connectivity index (χ2v) is 6.75. The van der Waals surface area contributed by atoms with Gasteiger partial charge in [-0.25, -0.2) is 0 Å². The van der Waals surface area contributed by atoms with Crippen LogP contribution in [0.15, 0.2) is 30.3 Å². The molecule has 1 atom stereocenters. The Hall–Kier alpha value is -0.860. The Kier molecular flexibility index (Phi) is 6.55. The first-order valence-corrected chi connectivity index (χ1v) is 8.84. The van der Waals surface area contributed by atoms with Gasteiger partial charge in [0.15, 0.2) is 0 Å². The van der Waals surface area contributed by atoms with E-state index in [1.807, 2.05) is 11.3 Å². The number of rotatable bonds is 9. The van der Waals surface area contributed by atoms with Gasteiger partial charge in [0, 0.05) is 15.6 Å². The molecule has 1 aromatic heterocycles. The van der Waals surface area contributed by atoms with Crippen LogP contribution in [0.5, 0.6) is 0 Å². The summed E-state index contributed by atoms with van der Waals surface area (Å²) in [6.45, 7) is 5.69. The van der Waals surface area contributed by atoms with Crippen molar-refractivity contribution >= 4 is 21.4 Å². The highest BCUT2D eigenvalue weighted by molar-refractivity contribution is 7.19. The second-order valence-electron chi connectivity index (χ2n) is 5.63. The molecule has 20 heavy (non-hydrogen) atoms. The van der Waals surface area contributed by atoms with Gasteiger partial charge in [-0.05, 0) is 37.4 Å². The van der Waals surface area contributed by atoms with Crippen molar-refractivity contribution in [3.05, 3.63) is 35.2 Å². The van der Waals surface area contributed by atoms with Crippen LogP contribution in [-0.4, -0.2) is 6.54 Å². The SMILES string of the molecule is CCCCCCCCNC(C)c1cc2ccccc2s1. The van der Waals surface area contributed by atoms with E-state index < -0.39 is 0 Å². The molecule has 1 unspecified atom stereocenters. The molecule has 0 aliphatic carbocycles. The molecule has 1 heterocycles. The van der Waals surface area contributed by atoms with Crippen molar-refractivity contribution in [3.8, 4) is 0 Å². The van der Waals surface area contributed by atoms with Crippen molar-refractivity contribution < 1.29 is 0 Å². The van der Waals surface area contributed by atoms with Crippen LogP contribution in [-0.2, 0) is 0 Å². The minimum atomic E-state index is 0.475. The van der Waals surface area contributed by atoms with E-state index in [2.05, 4.69) is 49.5 Å². The summed E-state index contributed by atoms with van der Waals surface area (Å²) < 4.78 is 1.40. The Morgan fingerprint density at radius 2 is 1.80 bits per heavy atom. The van der Waals surface area contributed by atoms with Crippen LogP contribution in [0.25, 0.3) is 10.1 Å². The van der Waals surface area contributed by atoms with Crippen molar-refractivity contribution in [2.45, 2.75) is 58.4 Å². The third kappa shape index (κ3) is 4.60. The average molecular weight is 289 g/mol. The molecule has 0 radical (unpaired) electrons. The summed E-state index contributed by atoms with van der Waals surface area (Å²) in [5.41, 5.74) is 0.